The molecule has 1 aliphatic rings. The Bertz CT molecular complexity index is 554. The Balaban J connectivity index is 1.91. The summed E-state index contributed by atoms with van der Waals surface area (Å²) in [6.07, 6.45) is 3.03. The first-order valence-electron chi connectivity index (χ1n) is 8.24. The van der Waals surface area contributed by atoms with E-state index in [0.717, 1.165) is 24.2 Å². The zero-order chi connectivity index (χ0) is 16.9. The van der Waals surface area contributed by atoms with Gasteiger partial charge in [0, 0.05) is 13.0 Å². The number of ether oxygens (including phenoxy) is 1. The van der Waals surface area contributed by atoms with Gasteiger partial charge in [0.2, 0.25) is 11.8 Å². The van der Waals surface area contributed by atoms with E-state index in [9.17, 15) is 9.59 Å². The number of hydrogen-bond acceptors (Lipinski definition) is 3. The molecule has 2 rings (SSSR count). The summed E-state index contributed by atoms with van der Waals surface area (Å²) < 4.78 is 5.60. The molecule has 0 aromatic heterocycles. The second-order valence-corrected chi connectivity index (χ2v) is 6.58. The van der Waals surface area contributed by atoms with Crippen molar-refractivity contribution in [1.29, 1.82) is 0 Å². The lowest BCUT2D eigenvalue weighted by atomic mass is 9.95. The minimum atomic E-state index is -0.811. The molecule has 1 aromatic carbocycles. The number of carbonyl (C=O) groups excluding carboxylic acids is 2. The Labute approximate surface area is 137 Å². The molecule has 0 aliphatic carbocycles. The fourth-order valence-corrected chi connectivity index (χ4v) is 2.70. The van der Waals surface area contributed by atoms with Crippen LogP contribution < -0.4 is 15.4 Å². The largest absolute Gasteiger partial charge is 0.491 e. The third-order valence-electron chi connectivity index (χ3n) is 4.00. The van der Waals surface area contributed by atoms with Crippen molar-refractivity contribution >= 4 is 11.8 Å². The maximum Gasteiger partial charge on any atom is 0.245 e. The first-order chi connectivity index (χ1) is 10.9. The van der Waals surface area contributed by atoms with E-state index in [1.54, 1.807) is 6.92 Å². The summed E-state index contributed by atoms with van der Waals surface area (Å²) in [6.45, 7) is 6.20. The molecule has 1 unspecified atom stereocenters. The van der Waals surface area contributed by atoms with Crippen molar-refractivity contribution in [3.8, 4) is 5.75 Å². The maximum atomic E-state index is 12.5. The highest BCUT2D eigenvalue weighted by molar-refractivity contribution is 5.91. The molecule has 1 aromatic rings. The number of hydrogen-bond donors (Lipinski definition) is 2. The molecule has 1 fully saturated rings. The fourth-order valence-electron chi connectivity index (χ4n) is 2.70. The minimum Gasteiger partial charge on any atom is -0.491 e. The van der Waals surface area contributed by atoms with Crippen LogP contribution in [0.3, 0.4) is 0 Å². The van der Waals surface area contributed by atoms with Crippen LogP contribution in [0.25, 0.3) is 0 Å². The molecule has 23 heavy (non-hydrogen) atoms. The van der Waals surface area contributed by atoms with Crippen LogP contribution in [0.5, 0.6) is 5.75 Å². The highest BCUT2D eigenvalue weighted by Gasteiger charge is 2.35. The van der Waals surface area contributed by atoms with E-state index in [4.69, 9.17) is 4.74 Å². The molecule has 1 aliphatic heterocycles. The molecule has 2 amide bonds. The fraction of sp³-hybridized carbons (Fsp3) is 0.556. The van der Waals surface area contributed by atoms with E-state index >= 15 is 0 Å². The van der Waals surface area contributed by atoms with Gasteiger partial charge in [0.15, 0.2) is 0 Å². The molecule has 126 valence electrons. The summed E-state index contributed by atoms with van der Waals surface area (Å²) in [5, 5.41) is 5.77. The molecule has 0 bridgehead atoms. The van der Waals surface area contributed by atoms with Crippen LogP contribution >= 0.6 is 0 Å². The Hall–Kier alpha value is -2.04. The second kappa shape index (κ2) is 7.49. The predicted octanol–water partition coefficient (Wildman–Crippen LogP) is 2.54. The highest BCUT2D eigenvalue weighted by Crippen LogP contribution is 2.20. The van der Waals surface area contributed by atoms with Crippen molar-refractivity contribution in [3.05, 3.63) is 29.8 Å². The van der Waals surface area contributed by atoms with Crippen LogP contribution in [0, 0.1) is 0 Å². The smallest absolute Gasteiger partial charge is 0.245 e. The molecule has 2 N–H and O–H groups in total. The van der Waals surface area contributed by atoms with Crippen LogP contribution in [0.1, 0.15) is 52.0 Å². The van der Waals surface area contributed by atoms with Crippen molar-refractivity contribution in [2.75, 3.05) is 0 Å². The third kappa shape index (κ3) is 4.98. The molecule has 1 heterocycles. The van der Waals surface area contributed by atoms with Crippen molar-refractivity contribution in [1.82, 2.24) is 10.6 Å². The Morgan fingerprint density at radius 3 is 2.65 bits per heavy atom. The van der Waals surface area contributed by atoms with Gasteiger partial charge in [-0.25, -0.2) is 0 Å². The van der Waals surface area contributed by atoms with Crippen LogP contribution in [0.4, 0.5) is 0 Å². The summed E-state index contributed by atoms with van der Waals surface area (Å²) in [4.78, 5) is 24.2. The molecule has 0 spiro atoms. The number of carbonyl (C=O) groups is 2. The van der Waals surface area contributed by atoms with E-state index < -0.39 is 5.54 Å². The topological polar surface area (TPSA) is 67.4 Å². The van der Waals surface area contributed by atoms with Gasteiger partial charge in [-0.3, -0.25) is 9.59 Å². The van der Waals surface area contributed by atoms with Crippen molar-refractivity contribution in [3.63, 3.8) is 0 Å². The Morgan fingerprint density at radius 1 is 1.30 bits per heavy atom. The molecule has 0 saturated carbocycles. The monoisotopic (exact) mass is 318 g/mol. The number of benzene rings is 1. The van der Waals surface area contributed by atoms with Gasteiger partial charge in [0.1, 0.15) is 11.3 Å². The van der Waals surface area contributed by atoms with Crippen molar-refractivity contribution in [2.24, 2.45) is 0 Å². The van der Waals surface area contributed by atoms with Gasteiger partial charge in [-0.1, -0.05) is 18.6 Å². The summed E-state index contributed by atoms with van der Waals surface area (Å²) >= 11 is 0. The maximum absolute atomic E-state index is 12.5. The van der Waals surface area contributed by atoms with E-state index in [1.807, 2.05) is 38.1 Å². The molecular weight excluding hydrogens is 292 g/mol. The summed E-state index contributed by atoms with van der Waals surface area (Å²) in [6, 6.07) is 7.67. The SMILES string of the molecule is CC(C)Oc1ccc(CNC(=O)C2(C)CCCCC(=O)N2)cc1. The van der Waals surface area contributed by atoms with Crippen molar-refractivity contribution in [2.45, 2.75) is 64.6 Å². The second-order valence-electron chi connectivity index (χ2n) is 6.58. The van der Waals surface area contributed by atoms with E-state index in [-0.39, 0.29) is 17.9 Å². The summed E-state index contributed by atoms with van der Waals surface area (Å²) in [5.41, 5.74) is 0.187. The normalized spacial score (nSPS) is 21.5. The highest BCUT2D eigenvalue weighted by atomic mass is 16.5. The lowest BCUT2D eigenvalue weighted by molar-refractivity contribution is -0.132. The lowest BCUT2D eigenvalue weighted by Crippen LogP contribution is -2.55. The van der Waals surface area contributed by atoms with E-state index in [2.05, 4.69) is 10.6 Å². The van der Waals surface area contributed by atoms with Gasteiger partial charge in [0.25, 0.3) is 0 Å². The van der Waals surface area contributed by atoms with Gasteiger partial charge in [-0.15, -0.1) is 0 Å². The quantitative estimate of drug-likeness (QED) is 0.876. The van der Waals surface area contributed by atoms with E-state index in [1.165, 1.54) is 0 Å². The first-order valence-corrected chi connectivity index (χ1v) is 8.24. The van der Waals surface area contributed by atoms with Gasteiger partial charge in [-0.05, 0) is 51.3 Å². The first kappa shape index (κ1) is 17.3. The van der Waals surface area contributed by atoms with E-state index in [0.29, 0.717) is 19.4 Å². The molecule has 5 heteroatoms. The Kier molecular flexibility index (Phi) is 5.64. The van der Waals surface area contributed by atoms with Crippen LogP contribution in [-0.4, -0.2) is 23.5 Å². The third-order valence-corrected chi connectivity index (χ3v) is 4.00. The van der Waals surface area contributed by atoms with Crippen molar-refractivity contribution < 1.29 is 14.3 Å². The number of nitrogens with one attached hydrogen (secondary N) is 2. The zero-order valence-corrected chi connectivity index (χ0v) is 14.1. The lowest BCUT2D eigenvalue weighted by Gasteiger charge is -2.27. The van der Waals surface area contributed by atoms with Crippen LogP contribution in [0.15, 0.2) is 24.3 Å². The van der Waals surface area contributed by atoms with Crippen LogP contribution in [0.2, 0.25) is 0 Å². The van der Waals surface area contributed by atoms with Crippen LogP contribution in [-0.2, 0) is 16.1 Å². The number of amides is 2. The predicted molar refractivity (Wildman–Crippen MR) is 89.1 cm³/mol. The minimum absolute atomic E-state index is 0.0460. The van der Waals surface area contributed by atoms with Gasteiger partial charge >= 0.3 is 0 Å². The Morgan fingerprint density at radius 2 is 2.00 bits per heavy atom. The molecule has 5 nitrogen and oxygen atoms in total. The molecule has 0 radical (unpaired) electrons. The summed E-state index contributed by atoms with van der Waals surface area (Å²) in [5.74, 6) is 0.642. The summed E-state index contributed by atoms with van der Waals surface area (Å²) in [7, 11) is 0. The van der Waals surface area contributed by atoms with Gasteiger partial charge < -0.3 is 15.4 Å². The molecular formula is C18H26N2O3. The van der Waals surface area contributed by atoms with Gasteiger partial charge in [-0.2, -0.15) is 0 Å². The molecule has 1 atom stereocenters. The average Bonchev–Trinajstić information content (AvgIpc) is 2.67. The number of rotatable bonds is 5. The molecule has 1 saturated heterocycles. The standard InChI is InChI=1S/C18H26N2O3/c1-13(2)23-15-9-7-14(8-10-15)12-19-17(22)18(3)11-5-4-6-16(21)20-18/h7-10,13H,4-6,11-12H2,1-3H3,(H,19,22)(H,20,21). The van der Waals surface area contributed by atoms with Gasteiger partial charge in [0.05, 0.1) is 6.10 Å². The zero-order valence-electron chi connectivity index (χ0n) is 14.1. The average molecular weight is 318 g/mol.